The molecule has 0 spiro atoms. The lowest BCUT2D eigenvalue weighted by molar-refractivity contribution is -0.145. The number of alkyl halides is 6. The van der Waals surface area contributed by atoms with Crippen LogP contribution in [0.1, 0.15) is 12.0 Å². The van der Waals surface area contributed by atoms with E-state index in [1.807, 2.05) is 4.90 Å². The Hall–Kier alpha value is -2.21. The number of anilines is 2. The van der Waals surface area contributed by atoms with Crippen LogP contribution in [0.4, 0.5) is 42.5 Å². The number of morpholine rings is 1. The highest BCUT2D eigenvalue weighted by atomic mass is 19.4. The molecule has 0 aromatic heterocycles. The Kier molecular flexibility index (Phi) is 7.20. The van der Waals surface area contributed by atoms with Gasteiger partial charge in [-0.25, -0.2) is 4.79 Å². The van der Waals surface area contributed by atoms with E-state index in [0.29, 0.717) is 38.4 Å². The van der Waals surface area contributed by atoms with E-state index in [-0.39, 0.29) is 31.9 Å². The van der Waals surface area contributed by atoms with Crippen molar-refractivity contribution in [3.05, 3.63) is 23.8 Å². The first kappa shape index (κ1) is 23.5. The lowest BCUT2D eigenvalue weighted by Gasteiger charge is -2.31. The Balaban J connectivity index is 1.74. The van der Waals surface area contributed by atoms with E-state index in [2.05, 4.69) is 5.32 Å². The Labute approximate surface area is 175 Å². The fraction of sp³-hybridized carbons (Fsp3) is 0.632. The van der Waals surface area contributed by atoms with Gasteiger partial charge in [-0.05, 0) is 24.6 Å². The summed E-state index contributed by atoms with van der Waals surface area (Å²) in [4.78, 5) is 17.1. The zero-order valence-electron chi connectivity index (χ0n) is 16.7. The minimum Gasteiger partial charge on any atom is -0.378 e. The Morgan fingerprint density at radius 2 is 1.68 bits per heavy atom. The molecular weight excluding hydrogens is 430 g/mol. The van der Waals surface area contributed by atoms with Crippen molar-refractivity contribution in [1.29, 1.82) is 0 Å². The summed E-state index contributed by atoms with van der Waals surface area (Å²) in [5.74, 6) is 0. The van der Waals surface area contributed by atoms with Gasteiger partial charge in [-0.1, -0.05) is 0 Å². The van der Waals surface area contributed by atoms with E-state index < -0.39 is 30.5 Å². The van der Waals surface area contributed by atoms with Crippen LogP contribution in [0, 0.1) is 0 Å². The summed E-state index contributed by atoms with van der Waals surface area (Å²) < 4.78 is 82.8. The molecule has 2 aliphatic rings. The van der Waals surface area contributed by atoms with Crippen LogP contribution < -0.4 is 10.2 Å². The van der Waals surface area contributed by atoms with Crippen LogP contribution in [0.25, 0.3) is 0 Å². The molecule has 0 unspecified atom stereocenters. The van der Waals surface area contributed by atoms with Crippen LogP contribution in [-0.4, -0.2) is 81.0 Å². The predicted molar refractivity (Wildman–Crippen MR) is 102 cm³/mol. The van der Waals surface area contributed by atoms with Crippen molar-refractivity contribution < 1.29 is 35.9 Å². The normalized spacial score (nSPS) is 19.3. The molecule has 1 aromatic carbocycles. The maximum Gasteiger partial charge on any atom is 0.416 e. The molecule has 174 valence electrons. The summed E-state index contributed by atoms with van der Waals surface area (Å²) in [5.41, 5.74) is -0.441. The predicted octanol–water partition coefficient (Wildman–Crippen LogP) is 3.64. The SMILES string of the molecule is O=C(Nc1cc(C(F)(F)F)ccc1N1CCOCC1)N1CCCN(CC(F)(F)F)CC1. The fourth-order valence-corrected chi connectivity index (χ4v) is 3.67. The van der Waals surface area contributed by atoms with Gasteiger partial charge in [0.15, 0.2) is 0 Å². The molecule has 0 aliphatic carbocycles. The number of hydrogen-bond acceptors (Lipinski definition) is 4. The second-order valence-corrected chi connectivity index (χ2v) is 7.49. The summed E-state index contributed by atoms with van der Waals surface area (Å²) in [5, 5.41) is 2.54. The average Bonchev–Trinajstić information content (AvgIpc) is 2.92. The first-order valence-electron chi connectivity index (χ1n) is 9.92. The van der Waals surface area contributed by atoms with Crippen molar-refractivity contribution in [3.63, 3.8) is 0 Å². The number of amides is 2. The van der Waals surface area contributed by atoms with Gasteiger partial charge in [0.1, 0.15) is 0 Å². The number of nitrogens with zero attached hydrogens (tertiary/aromatic N) is 3. The molecule has 0 bridgehead atoms. The number of halogens is 6. The summed E-state index contributed by atoms with van der Waals surface area (Å²) in [6, 6.07) is 2.53. The van der Waals surface area contributed by atoms with E-state index in [9.17, 15) is 31.1 Å². The third-order valence-corrected chi connectivity index (χ3v) is 5.20. The molecule has 2 heterocycles. The third kappa shape index (κ3) is 6.63. The number of benzene rings is 1. The zero-order chi connectivity index (χ0) is 22.6. The Bertz CT molecular complexity index is 765. The molecule has 3 rings (SSSR count). The van der Waals surface area contributed by atoms with Crippen LogP contribution in [0.15, 0.2) is 18.2 Å². The molecule has 2 saturated heterocycles. The highest BCUT2D eigenvalue weighted by molar-refractivity contribution is 5.93. The van der Waals surface area contributed by atoms with Gasteiger partial charge in [-0.3, -0.25) is 4.90 Å². The van der Waals surface area contributed by atoms with Gasteiger partial charge in [-0.15, -0.1) is 0 Å². The molecule has 2 aliphatic heterocycles. The van der Waals surface area contributed by atoms with Gasteiger partial charge >= 0.3 is 18.4 Å². The zero-order valence-corrected chi connectivity index (χ0v) is 16.7. The molecule has 12 heteroatoms. The van der Waals surface area contributed by atoms with Crippen LogP contribution >= 0.6 is 0 Å². The Morgan fingerprint density at radius 3 is 2.32 bits per heavy atom. The minimum atomic E-state index is -4.58. The minimum absolute atomic E-state index is 0.0121. The van der Waals surface area contributed by atoms with E-state index in [1.54, 1.807) is 0 Å². The summed E-state index contributed by atoms with van der Waals surface area (Å²) in [6.07, 6.45) is -8.57. The van der Waals surface area contributed by atoms with Crippen molar-refractivity contribution in [2.45, 2.75) is 18.8 Å². The van der Waals surface area contributed by atoms with Crippen molar-refractivity contribution >= 4 is 17.4 Å². The van der Waals surface area contributed by atoms with E-state index >= 15 is 0 Å². The summed E-state index contributed by atoms with van der Waals surface area (Å²) >= 11 is 0. The standard InChI is InChI=1S/C19H24F6N4O2/c20-18(21,22)13-27-4-1-5-29(7-6-27)17(30)26-15-12-14(19(23,24)25)2-3-16(15)28-8-10-31-11-9-28/h2-3,12H,1,4-11,13H2,(H,26,30). The van der Waals surface area contributed by atoms with Crippen molar-refractivity contribution in [1.82, 2.24) is 9.80 Å². The summed E-state index contributed by atoms with van der Waals surface area (Å²) in [6.45, 7) is 1.18. The maximum absolute atomic E-state index is 13.2. The van der Waals surface area contributed by atoms with Crippen molar-refractivity contribution in [2.75, 3.05) is 69.2 Å². The number of nitrogens with one attached hydrogen (secondary N) is 1. The molecule has 1 aromatic rings. The molecule has 0 atom stereocenters. The number of carbonyl (C=O) groups is 1. The second-order valence-electron chi connectivity index (χ2n) is 7.49. The molecule has 2 fully saturated rings. The molecular formula is C19H24F6N4O2. The molecule has 2 amide bonds. The average molecular weight is 454 g/mol. The van der Waals surface area contributed by atoms with Crippen LogP contribution in [0.2, 0.25) is 0 Å². The van der Waals surface area contributed by atoms with Gasteiger partial charge in [0.2, 0.25) is 0 Å². The number of rotatable bonds is 3. The van der Waals surface area contributed by atoms with E-state index in [0.717, 1.165) is 12.1 Å². The lowest BCUT2D eigenvalue weighted by atomic mass is 10.1. The smallest absolute Gasteiger partial charge is 0.378 e. The number of urea groups is 1. The van der Waals surface area contributed by atoms with Gasteiger partial charge in [0.05, 0.1) is 36.7 Å². The summed E-state index contributed by atoms with van der Waals surface area (Å²) in [7, 11) is 0. The Morgan fingerprint density at radius 1 is 0.968 bits per heavy atom. The van der Waals surface area contributed by atoms with Gasteiger partial charge in [0, 0.05) is 39.3 Å². The molecule has 31 heavy (non-hydrogen) atoms. The molecule has 6 nitrogen and oxygen atoms in total. The maximum atomic E-state index is 13.2. The lowest BCUT2D eigenvalue weighted by Crippen LogP contribution is -2.40. The first-order chi connectivity index (χ1) is 14.5. The monoisotopic (exact) mass is 454 g/mol. The van der Waals surface area contributed by atoms with Crippen LogP contribution in [-0.2, 0) is 10.9 Å². The quantitative estimate of drug-likeness (QED) is 0.709. The molecule has 0 radical (unpaired) electrons. The van der Waals surface area contributed by atoms with Crippen molar-refractivity contribution in [2.24, 2.45) is 0 Å². The number of ether oxygens (including phenoxy) is 1. The number of carbonyl (C=O) groups excluding carboxylic acids is 1. The fourth-order valence-electron chi connectivity index (χ4n) is 3.67. The molecule has 0 saturated carbocycles. The van der Waals surface area contributed by atoms with Crippen LogP contribution in [0.5, 0.6) is 0 Å². The van der Waals surface area contributed by atoms with Crippen molar-refractivity contribution in [3.8, 4) is 0 Å². The first-order valence-corrected chi connectivity index (χ1v) is 9.92. The third-order valence-electron chi connectivity index (χ3n) is 5.20. The highest BCUT2D eigenvalue weighted by Gasteiger charge is 2.33. The van der Waals surface area contributed by atoms with E-state index in [1.165, 1.54) is 15.9 Å². The van der Waals surface area contributed by atoms with Crippen LogP contribution in [0.3, 0.4) is 0 Å². The molecule has 1 N–H and O–H groups in total. The number of hydrogen-bond donors (Lipinski definition) is 1. The van der Waals surface area contributed by atoms with Gasteiger partial charge in [-0.2, -0.15) is 26.3 Å². The highest BCUT2D eigenvalue weighted by Crippen LogP contribution is 2.36. The van der Waals surface area contributed by atoms with E-state index in [4.69, 9.17) is 4.74 Å². The van der Waals surface area contributed by atoms with Gasteiger partial charge < -0.3 is 19.9 Å². The second kappa shape index (κ2) is 9.51. The van der Waals surface area contributed by atoms with Gasteiger partial charge in [0.25, 0.3) is 0 Å². The topological polar surface area (TPSA) is 48.1 Å². The largest absolute Gasteiger partial charge is 0.416 e.